The van der Waals surface area contributed by atoms with Crippen LogP contribution in [0.4, 0.5) is 10.2 Å². The van der Waals surface area contributed by atoms with E-state index in [2.05, 4.69) is 45.5 Å². The van der Waals surface area contributed by atoms with Crippen molar-refractivity contribution in [2.75, 3.05) is 55.8 Å². The lowest BCUT2D eigenvalue weighted by Crippen LogP contribution is -2.60. The van der Waals surface area contributed by atoms with Crippen LogP contribution in [0.3, 0.4) is 0 Å². The molecule has 5 heterocycles. The molecule has 2 saturated heterocycles. The first kappa shape index (κ1) is 29.5. The average molecular weight is 589 g/mol. The van der Waals surface area contributed by atoms with Crippen LogP contribution in [0.1, 0.15) is 5.69 Å². The van der Waals surface area contributed by atoms with Crippen molar-refractivity contribution in [3.05, 3.63) is 77.5 Å². The minimum absolute atomic E-state index is 0. The number of fused-ring (bicyclic) bond motifs is 1. The molecule has 12 heteroatoms. The first-order valence-corrected chi connectivity index (χ1v) is 12.9. The van der Waals surface area contributed by atoms with Gasteiger partial charge in [0.1, 0.15) is 24.4 Å². The second kappa shape index (κ2) is 11.8. The molecule has 1 amide bonds. The van der Waals surface area contributed by atoms with Crippen LogP contribution in [0, 0.1) is 12.7 Å². The Labute approximate surface area is 239 Å². The Morgan fingerprint density at radius 1 is 1.05 bits per heavy atom. The van der Waals surface area contributed by atoms with E-state index < -0.39 is 0 Å². The Hall–Kier alpha value is -2.01. The highest BCUT2D eigenvalue weighted by molar-refractivity contribution is 7.99. The van der Waals surface area contributed by atoms with Gasteiger partial charge in [0.25, 0.3) is 5.91 Å². The fourth-order valence-corrected chi connectivity index (χ4v) is 6.26. The quantitative estimate of drug-likeness (QED) is 0.498. The standard InChI is InChI=1S/C25H28FN6OS.3ClH/c1-19-15-24(31(27-19)22-6-4-21(26)5-7-22)28-8-10-30(11-9-28)32-13-2-3-23(32)16-20(17-32)25(33)29-12-14-34-18-29;;;/h2-7,13,15-16H,8-12,14,17-18H2,1H3;3*1H/q+1;;;/t32-;;;/m1.../s1. The van der Waals surface area contributed by atoms with Crippen molar-refractivity contribution in [1.82, 2.24) is 19.7 Å². The van der Waals surface area contributed by atoms with Gasteiger partial charge in [-0.25, -0.2) is 9.07 Å². The highest BCUT2D eigenvalue weighted by Gasteiger charge is 2.48. The summed E-state index contributed by atoms with van der Waals surface area (Å²) < 4.78 is 16.0. The van der Waals surface area contributed by atoms with Crippen LogP contribution in [0.5, 0.6) is 0 Å². The fraction of sp³-hybridized carbons (Fsp3) is 0.360. The largest absolute Gasteiger partial charge is 0.353 e. The second-order valence-electron chi connectivity index (χ2n) is 9.17. The molecule has 1 aromatic carbocycles. The molecule has 37 heavy (non-hydrogen) atoms. The number of rotatable bonds is 4. The highest BCUT2D eigenvalue weighted by atomic mass is 35.5. The van der Waals surface area contributed by atoms with Gasteiger partial charge in [0.05, 0.1) is 35.9 Å². The Kier molecular flexibility index (Phi) is 9.42. The van der Waals surface area contributed by atoms with Gasteiger partial charge in [0, 0.05) is 43.6 Å². The first-order chi connectivity index (χ1) is 16.5. The molecular weight excluding hydrogens is 558 g/mol. The van der Waals surface area contributed by atoms with Crippen molar-refractivity contribution in [3.8, 4) is 5.69 Å². The number of anilines is 1. The van der Waals surface area contributed by atoms with Crippen LogP contribution in [-0.4, -0.2) is 81.1 Å². The first-order valence-electron chi connectivity index (χ1n) is 11.7. The lowest BCUT2D eigenvalue weighted by Gasteiger charge is -2.44. The predicted octanol–water partition coefficient (Wildman–Crippen LogP) is 4.32. The van der Waals surface area contributed by atoms with Crippen molar-refractivity contribution in [2.24, 2.45) is 0 Å². The molecule has 2 fully saturated rings. The number of thioether (sulfide) groups is 1. The number of allylic oxidation sites excluding steroid dienone is 3. The Morgan fingerprint density at radius 3 is 2.46 bits per heavy atom. The van der Waals surface area contributed by atoms with Crippen molar-refractivity contribution < 1.29 is 13.8 Å². The number of piperazine rings is 1. The molecule has 0 aliphatic carbocycles. The number of hydrogen-bond acceptors (Lipinski definition) is 5. The third kappa shape index (κ3) is 5.30. The number of nitrogens with zero attached hydrogens (tertiary/aromatic N) is 6. The number of aryl methyl sites for hydroxylation is 1. The number of aromatic nitrogens is 2. The smallest absolute Gasteiger partial charge is 0.256 e. The van der Waals surface area contributed by atoms with Crippen LogP contribution >= 0.6 is 49.0 Å². The molecular formula is C25H31Cl3FN6OS+. The molecule has 1 aromatic heterocycles. The summed E-state index contributed by atoms with van der Waals surface area (Å²) in [4.78, 5) is 17.4. The normalized spacial score (nSPS) is 22.5. The van der Waals surface area contributed by atoms with Crippen LogP contribution in [0.2, 0.25) is 0 Å². The molecule has 4 aliphatic rings. The lowest BCUT2D eigenvalue weighted by molar-refractivity contribution is -0.948. The molecule has 0 N–H and O–H groups in total. The van der Waals surface area contributed by atoms with E-state index in [4.69, 9.17) is 0 Å². The van der Waals surface area contributed by atoms with E-state index in [1.54, 1.807) is 12.1 Å². The van der Waals surface area contributed by atoms with Crippen LogP contribution < -0.4 is 4.90 Å². The predicted molar refractivity (Wildman–Crippen MR) is 153 cm³/mol. The SMILES string of the molecule is Cc1cc(N2CCN([N@@+]34C=CC=C3C=C(C(=O)N3CCSC3)C4)CC2)n(-c2ccc(F)cc2)n1.Cl.Cl.Cl. The Morgan fingerprint density at radius 2 is 1.78 bits per heavy atom. The highest BCUT2D eigenvalue weighted by Crippen LogP contribution is 2.38. The van der Waals surface area contributed by atoms with Gasteiger partial charge in [0.2, 0.25) is 0 Å². The molecule has 0 radical (unpaired) electrons. The van der Waals surface area contributed by atoms with Crippen molar-refractivity contribution in [3.63, 3.8) is 0 Å². The van der Waals surface area contributed by atoms with Gasteiger partial charge >= 0.3 is 0 Å². The molecule has 6 rings (SSSR count). The van der Waals surface area contributed by atoms with E-state index in [1.807, 2.05) is 28.3 Å². The molecule has 0 unspecified atom stereocenters. The summed E-state index contributed by atoms with van der Waals surface area (Å²) in [5, 5.41) is 7.13. The van der Waals surface area contributed by atoms with E-state index in [0.29, 0.717) is 11.1 Å². The van der Waals surface area contributed by atoms with Gasteiger partial charge in [-0.2, -0.15) is 9.69 Å². The lowest BCUT2D eigenvalue weighted by atomic mass is 10.2. The maximum absolute atomic E-state index is 13.4. The third-order valence-electron chi connectivity index (χ3n) is 7.06. The molecule has 4 aliphatic heterocycles. The van der Waals surface area contributed by atoms with Crippen molar-refractivity contribution >= 4 is 60.7 Å². The zero-order valence-corrected chi connectivity index (χ0v) is 23.7. The van der Waals surface area contributed by atoms with E-state index in [-0.39, 0.29) is 48.9 Å². The number of quaternary nitrogens is 1. The van der Waals surface area contributed by atoms with Crippen molar-refractivity contribution in [2.45, 2.75) is 6.92 Å². The Balaban J connectivity index is 0.00000127. The monoisotopic (exact) mass is 587 g/mol. The van der Waals surface area contributed by atoms with Gasteiger partial charge in [-0.3, -0.25) is 4.79 Å². The summed E-state index contributed by atoms with van der Waals surface area (Å²) in [5.41, 5.74) is 3.87. The molecule has 0 bridgehead atoms. The summed E-state index contributed by atoms with van der Waals surface area (Å²) in [7, 11) is 0. The number of hydrogen-bond donors (Lipinski definition) is 0. The average Bonchev–Trinajstić information content (AvgIpc) is 3.63. The molecule has 7 nitrogen and oxygen atoms in total. The Bertz CT molecular complexity index is 1220. The zero-order chi connectivity index (χ0) is 23.3. The molecule has 0 saturated carbocycles. The summed E-state index contributed by atoms with van der Waals surface area (Å²) in [6.45, 7) is 6.94. The van der Waals surface area contributed by atoms with Gasteiger partial charge < -0.3 is 9.80 Å². The van der Waals surface area contributed by atoms with Crippen molar-refractivity contribution in [1.29, 1.82) is 0 Å². The second-order valence-corrected chi connectivity index (χ2v) is 10.2. The zero-order valence-electron chi connectivity index (χ0n) is 20.5. The number of benzene rings is 1. The molecule has 2 aromatic rings. The summed E-state index contributed by atoms with van der Waals surface area (Å²) in [5.74, 6) is 2.78. The van der Waals surface area contributed by atoms with E-state index >= 15 is 0 Å². The molecule has 0 spiro atoms. The number of carbonyl (C=O) groups excluding carboxylic acids is 1. The van der Waals surface area contributed by atoms with Crippen LogP contribution in [0.25, 0.3) is 5.69 Å². The topological polar surface area (TPSA) is 44.6 Å². The maximum atomic E-state index is 13.4. The number of amides is 1. The van der Waals surface area contributed by atoms with Gasteiger partial charge in [-0.05, 0) is 37.3 Å². The summed E-state index contributed by atoms with van der Waals surface area (Å²) >= 11 is 1.82. The van der Waals surface area contributed by atoms with E-state index in [0.717, 1.165) is 67.1 Å². The van der Waals surface area contributed by atoms with E-state index in [1.165, 1.54) is 17.8 Å². The molecule has 1 atom stereocenters. The summed E-state index contributed by atoms with van der Waals surface area (Å²) in [6, 6.07) is 8.56. The molecule has 200 valence electrons. The van der Waals surface area contributed by atoms with Crippen LogP contribution in [0.15, 0.2) is 66.0 Å². The van der Waals surface area contributed by atoms with Gasteiger partial charge in [-0.15, -0.1) is 54.0 Å². The minimum atomic E-state index is -0.250. The fourth-order valence-electron chi connectivity index (χ4n) is 5.32. The van der Waals surface area contributed by atoms with Crippen LogP contribution in [-0.2, 0) is 4.79 Å². The van der Waals surface area contributed by atoms with Gasteiger partial charge in [-0.1, -0.05) is 0 Å². The van der Waals surface area contributed by atoms with E-state index in [9.17, 15) is 9.18 Å². The summed E-state index contributed by atoms with van der Waals surface area (Å²) in [6.07, 6.45) is 8.56. The minimum Gasteiger partial charge on any atom is -0.353 e. The third-order valence-corrected chi connectivity index (χ3v) is 8.03. The van der Waals surface area contributed by atoms with Gasteiger partial charge in [0.15, 0.2) is 5.70 Å². The number of carbonyl (C=O) groups is 1. The number of halogens is 4. The maximum Gasteiger partial charge on any atom is 0.256 e.